The summed E-state index contributed by atoms with van der Waals surface area (Å²) in [6, 6.07) is 0. The van der Waals surface area contributed by atoms with Crippen molar-refractivity contribution in [3.8, 4) is 0 Å². The number of fused-ring (bicyclic) bond motifs is 1. The Morgan fingerprint density at radius 1 is 0.970 bits per heavy atom. The van der Waals surface area contributed by atoms with Crippen LogP contribution in [0.15, 0.2) is 12.7 Å². The summed E-state index contributed by atoms with van der Waals surface area (Å²) in [5.41, 5.74) is 7.11. The van der Waals surface area contributed by atoms with E-state index in [0.717, 1.165) is 0 Å². The summed E-state index contributed by atoms with van der Waals surface area (Å²) in [6.45, 7) is 21.9. The summed E-state index contributed by atoms with van der Waals surface area (Å²) in [6.07, 6.45) is 1.12. The van der Waals surface area contributed by atoms with E-state index in [1.54, 1.807) is 6.33 Å². The Kier molecular flexibility index (Phi) is 6.90. The summed E-state index contributed by atoms with van der Waals surface area (Å²) in [4.78, 5) is 12.9. The fourth-order valence-electron chi connectivity index (χ4n) is 3.44. The predicted octanol–water partition coefficient (Wildman–Crippen LogP) is 4.08. The van der Waals surface area contributed by atoms with E-state index in [0.29, 0.717) is 17.0 Å². The third kappa shape index (κ3) is 4.89. The van der Waals surface area contributed by atoms with Gasteiger partial charge in [-0.25, -0.2) is 15.0 Å². The Balaban J connectivity index is 2.10. The molecule has 2 aromatic rings. The van der Waals surface area contributed by atoms with Crippen LogP contribution in [0.4, 0.5) is 5.82 Å². The minimum Gasteiger partial charge on any atom is -0.408 e. The molecule has 4 atom stereocenters. The van der Waals surface area contributed by atoms with Crippen LogP contribution in [-0.4, -0.2) is 66.2 Å². The standard InChI is InChI=1S/C22H41N5O4Si2/c1-21(2,3)32(7,8)30-16-14(11-28)29-20(17(16)31-33(9,10)22(4,5)6)27-13-26-15-18(23)24-12-25-19(15)27/h12-14,16-17,20,28H,11H2,1-10H3,(H2,23,24,25)/t14-,16+,17?,20-/m1/s1. The second-order valence-electron chi connectivity index (χ2n) is 12.0. The molecule has 0 spiro atoms. The Morgan fingerprint density at radius 2 is 1.52 bits per heavy atom. The number of aliphatic hydroxyl groups excluding tert-OH is 1. The summed E-state index contributed by atoms with van der Waals surface area (Å²) in [5, 5.41) is 10.3. The van der Waals surface area contributed by atoms with Crippen molar-refractivity contribution in [2.24, 2.45) is 0 Å². The van der Waals surface area contributed by atoms with Crippen LogP contribution in [-0.2, 0) is 13.6 Å². The number of aliphatic hydroxyl groups is 1. The number of aromatic nitrogens is 4. The highest BCUT2D eigenvalue weighted by Crippen LogP contribution is 2.46. The van der Waals surface area contributed by atoms with Crippen LogP contribution in [0, 0.1) is 0 Å². The third-order valence-electron chi connectivity index (χ3n) is 7.60. The van der Waals surface area contributed by atoms with Gasteiger partial charge < -0.3 is 24.4 Å². The van der Waals surface area contributed by atoms with Crippen molar-refractivity contribution in [3.63, 3.8) is 0 Å². The molecule has 2 aromatic heterocycles. The first-order chi connectivity index (χ1) is 15.0. The number of ether oxygens (including phenoxy) is 1. The molecule has 0 amide bonds. The largest absolute Gasteiger partial charge is 0.408 e. The van der Waals surface area contributed by atoms with Crippen LogP contribution in [0.3, 0.4) is 0 Å². The molecule has 3 N–H and O–H groups in total. The Morgan fingerprint density at radius 3 is 2.03 bits per heavy atom. The van der Waals surface area contributed by atoms with E-state index in [1.165, 1.54) is 6.33 Å². The van der Waals surface area contributed by atoms with E-state index in [1.807, 2.05) is 4.57 Å². The Hall–Kier alpha value is -1.38. The monoisotopic (exact) mass is 495 g/mol. The maximum Gasteiger partial charge on any atom is 0.192 e. The molecule has 9 nitrogen and oxygen atoms in total. The van der Waals surface area contributed by atoms with Gasteiger partial charge in [-0.3, -0.25) is 4.57 Å². The van der Waals surface area contributed by atoms with E-state index in [2.05, 4.69) is 82.7 Å². The first kappa shape index (κ1) is 26.2. The van der Waals surface area contributed by atoms with Crippen molar-refractivity contribution in [3.05, 3.63) is 12.7 Å². The topological polar surface area (TPSA) is 118 Å². The van der Waals surface area contributed by atoms with Gasteiger partial charge in [0.15, 0.2) is 34.3 Å². The summed E-state index contributed by atoms with van der Waals surface area (Å²) >= 11 is 0. The number of nitrogens with two attached hydrogens (primary N) is 1. The molecule has 11 heteroatoms. The van der Waals surface area contributed by atoms with Crippen molar-refractivity contribution in [2.75, 3.05) is 12.3 Å². The molecule has 33 heavy (non-hydrogen) atoms. The lowest BCUT2D eigenvalue weighted by Crippen LogP contribution is -2.53. The van der Waals surface area contributed by atoms with E-state index in [-0.39, 0.29) is 16.7 Å². The SMILES string of the molecule is CC(C)(C)[Si](C)(C)OC1[C@@H](O[Si](C)(C)C(C)(C)C)[C@@H](CO)O[C@H]1n1cnc2c(N)ncnc21. The summed E-state index contributed by atoms with van der Waals surface area (Å²) in [7, 11) is -4.42. The zero-order chi connectivity index (χ0) is 25.0. The highest BCUT2D eigenvalue weighted by molar-refractivity contribution is 6.74. The lowest BCUT2D eigenvalue weighted by molar-refractivity contribution is -0.0491. The normalized spacial score (nSPS) is 25.2. The number of anilines is 1. The van der Waals surface area contributed by atoms with Crippen molar-refractivity contribution >= 4 is 33.6 Å². The molecule has 186 valence electrons. The van der Waals surface area contributed by atoms with E-state index < -0.39 is 41.2 Å². The summed E-state index contributed by atoms with van der Waals surface area (Å²) < 4.78 is 22.1. The van der Waals surface area contributed by atoms with Crippen LogP contribution >= 0.6 is 0 Å². The zero-order valence-electron chi connectivity index (χ0n) is 21.7. The van der Waals surface area contributed by atoms with Gasteiger partial charge in [-0.2, -0.15) is 0 Å². The first-order valence-corrected chi connectivity index (χ1v) is 17.4. The lowest BCUT2D eigenvalue weighted by Gasteiger charge is -2.44. The highest BCUT2D eigenvalue weighted by Gasteiger charge is 2.54. The molecule has 0 aromatic carbocycles. The molecular formula is C22H41N5O4Si2. The highest BCUT2D eigenvalue weighted by atomic mass is 28.4. The molecule has 3 rings (SSSR count). The van der Waals surface area contributed by atoms with Gasteiger partial charge in [-0.15, -0.1) is 0 Å². The smallest absolute Gasteiger partial charge is 0.192 e. The quantitative estimate of drug-likeness (QED) is 0.576. The van der Waals surface area contributed by atoms with Gasteiger partial charge in [0.25, 0.3) is 0 Å². The molecule has 1 unspecified atom stereocenters. The van der Waals surface area contributed by atoms with Crippen LogP contribution in [0.2, 0.25) is 36.3 Å². The van der Waals surface area contributed by atoms with E-state index in [4.69, 9.17) is 19.3 Å². The van der Waals surface area contributed by atoms with Crippen LogP contribution in [0.1, 0.15) is 47.8 Å². The molecule has 0 bridgehead atoms. The van der Waals surface area contributed by atoms with Crippen LogP contribution in [0.25, 0.3) is 11.2 Å². The van der Waals surface area contributed by atoms with E-state index in [9.17, 15) is 5.11 Å². The third-order valence-corrected chi connectivity index (χ3v) is 16.5. The fourth-order valence-corrected chi connectivity index (χ4v) is 6.04. The molecular weight excluding hydrogens is 454 g/mol. The van der Waals surface area contributed by atoms with Crippen molar-refractivity contribution in [1.29, 1.82) is 0 Å². The maximum absolute atomic E-state index is 10.3. The van der Waals surface area contributed by atoms with Gasteiger partial charge in [-0.1, -0.05) is 41.5 Å². The predicted molar refractivity (Wildman–Crippen MR) is 135 cm³/mol. The molecule has 1 aliphatic heterocycles. The number of nitrogen functional groups attached to an aromatic ring is 1. The zero-order valence-corrected chi connectivity index (χ0v) is 23.7. The van der Waals surface area contributed by atoms with Gasteiger partial charge in [-0.05, 0) is 36.3 Å². The van der Waals surface area contributed by atoms with Crippen molar-refractivity contribution in [1.82, 2.24) is 19.5 Å². The number of hydrogen-bond donors (Lipinski definition) is 2. The molecule has 3 heterocycles. The van der Waals surface area contributed by atoms with Gasteiger partial charge in [0.2, 0.25) is 0 Å². The average molecular weight is 496 g/mol. The molecule has 0 aliphatic carbocycles. The second kappa shape index (κ2) is 8.69. The maximum atomic E-state index is 10.3. The molecule has 1 saturated heterocycles. The first-order valence-electron chi connectivity index (χ1n) is 11.5. The van der Waals surface area contributed by atoms with Crippen LogP contribution < -0.4 is 5.73 Å². The van der Waals surface area contributed by atoms with Crippen molar-refractivity contribution < 1.29 is 18.7 Å². The lowest BCUT2D eigenvalue weighted by atomic mass is 10.1. The van der Waals surface area contributed by atoms with Gasteiger partial charge in [0, 0.05) is 0 Å². The fraction of sp³-hybridized carbons (Fsp3) is 0.773. The molecule has 1 fully saturated rings. The summed E-state index contributed by atoms with van der Waals surface area (Å²) in [5.74, 6) is 0.311. The van der Waals surface area contributed by atoms with E-state index >= 15 is 0 Å². The Labute approximate surface area is 199 Å². The molecule has 0 radical (unpaired) electrons. The molecule has 0 saturated carbocycles. The van der Waals surface area contributed by atoms with Gasteiger partial charge >= 0.3 is 0 Å². The number of imidazole rings is 1. The second-order valence-corrected chi connectivity index (χ2v) is 21.5. The van der Waals surface area contributed by atoms with Gasteiger partial charge in [0.1, 0.15) is 30.2 Å². The average Bonchev–Trinajstić information content (AvgIpc) is 3.22. The molecule has 1 aliphatic rings. The minimum atomic E-state index is -2.23. The van der Waals surface area contributed by atoms with Crippen molar-refractivity contribution in [2.45, 2.75) is 102 Å². The minimum absolute atomic E-state index is 0.00397. The van der Waals surface area contributed by atoms with Crippen LogP contribution in [0.5, 0.6) is 0 Å². The Bertz CT molecular complexity index is 983. The number of rotatable bonds is 6. The van der Waals surface area contributed by atoms with Gasteiger partial charge in [0.05, 0.1) is 12.9 Å². The number of nitrogens with zero attached hydrogens (tertiary/aromatic N) is 4. The number of hydrogen-bond acceptors (Lipinski definition) is 8.